The number of aliphatic imine (C=N–C) groups is 1. The van der Waals surface area contributed by atoms with Crippen LogP contribution in [0.15, 0.2) is 27.7 Å². The highest BCUT2D eigenvalue weighted by atomic mass is 79.9. The molecule has 15 heavy (non-hydrogen) atoms. The molecule has 0 aromatic heterocycles. The summed E-state index contributed by atoms with van der Waals surface area (Å²) in [6, 6.07) is 3.72. The first-order valence-corrected chi connectivity index (χ1v) is 4.77. The molecule has 0 saturated carbocycles. The average Bonchev–Trinajstić information content (AvgIpc) is 2.05. The summed E-state index contributed by atoms with van der Waals surface area (Å²) in [5, 5.41) is 0. The fraction of sp³-hybridized carbons (Fsp3) is 0.222. The quantitative estimate of drug-likeness (QED) is 0.621. The summed E-state index contributed by atoms with van der Waals surface area (Å²) in [5.74, 6) is 0.0859. The number of halogens is 4. The summed E-state index contributed by atoms with van der Waals surface area (Å²) < 4.78 is 38.0. The number of hydrogen-bond acceptors (Lipinski definition) is 1. The average molecular weight is 281 g/mol. The third-order valence-electron chi connectivity index (χ3n) is 1.56. The van der Waals surface area contributed by atoms with Crippen molar-refractivity contribution in [3.63, 3.8) is 0 Å². The van der Waals surface area contributed by atoms with E-state index >= 15 is 0 Å². The van der Waals surface area contributed by atoms with E-state index in [1.165, 1.54) is 19.1 Å². The first kappa shape index (κ1) is 12.0. The van der Waals surface area contributed by atoms with E-state index < -0.39 is 11.7 Å². The Hall–Kier alpha value is -1.04. The van der Waals surface area contributed by atoms with Crippen molar-refractivity contribution in [1.29, 1.82) is 0 Å². The minimum absolute atomic E-state index is 0.0859. The molecule has 1 aromatic carbocycles. The van der Waals surface area contributed by atoms with Gasteiger partial charge in [-0.05, 0) is 25.1 Å². The largest absolute Gasteiger partial charge is 0.418 e. The molecule has 0 fully saturated rings. The highest BCUT2D eigenvalue weighted by Gasteiger charge is 2.33. The lowest BCUT2D eigenvalue weighted by atomic mass is 10.2. The number of nitrogens with two attached hydrogens (primary N) is 1. The molecule has 1 rings (SSSR count). The molecule has 0 atom stereocenters. The van der Waals surface area contributed by atoms with Crippen LogP contribution in [-0.2, 0) is 6.18 Å². The van der Waals surface area contributed by atoms with Crippen molar-refractivity contribution in [2.45, 2.75) is 13.1 Å². The first-order chi connectivity index (χ1) is 6.80. The van der Waals surface area contributed by atoms with E-state index in [1.54, 1.807) is 0 Å². The van der Waals surface area contributed by atoms with Crippen LogP contribution in [0.5, 0.6) is 0 Å². The maximum absolute atomic E-state index is 12.5. The smallest absolute Gasteiger partial charge is 0.387 e. The summed E-state index contributed by atoms with van der Waals surface area (Å²) in [5.41, 5.74) is 4.27. The summed E-state index contributed by atoms with van der Waals surface area (Å²) in [4.78, 5) is 3.62. The molecule has 2 N–H and O–H groups in total. The lowest BCUT2D eigenvalue weighted by Crippen LogP contribution is -2.08. The number of benzene rings is 1. The molecule has 0 spiro atoms. The zero-order valence-corrected chi connectivity index (χ0v) is 9.35. The molecule has 0 aliphatic rings. The predicted octanol–water partition coefficient (Wildman–Crippen LogP) is 3.48. The van der Waals surface area contributed by atoms with Crippen molar-refractivity contribution in [2.24, 2.45) is 10.7 Å². The number of hydrogen-bond donors (Lipinski definition) is 1. The highest BCUT2D eigenvalue weighted by molar-refractivity contribution is 9.10. The maximum atomic E-state index is 12.5. The third-order valence-corrected chi connectivity index (χ3v) is 2.05. The normalized spacial score (nSPS) is 13.0. The van der Waals surface area contributed by atoms with E-state index in [2.05, 4.69) is 20.9 Å². The van der Waals surface area contributed by atoms with Crippen LogP contribution in [0.3, 0.4) is 0 Å². The molecule has 0 unspecified atom stereocenters. The molecule has 0 amide bonds. The van der Waals surface area contributed by atoms with Gasteiger partial charge in [-0.15, -0.1) is 0 Å². The van der Waals surface area contributed by atoms with Crippen molar-refractivity contribution >= 4 is 27.5 Å². The number of amidine groups is 1. The minimum atomic E-state index is -4.43. The second-order valence-corrected chi connectivity index (χ2v) is 3.83. The minimum Gasteiger partial charge on any atom is -0.387 e. The molecule has 0 heterocycles. The summed E-state index contributed by atoms with van der Waals surface area (Å²) in [6.45, 7) is 1.43. The Labute approximate surface area is 93.1 Å². The summed E-state index contributed by atoms with van der Waals surface area (Å²) in [7, 11) is 0. The van der Waals surface area contributed by atoms with Gasteiger partial charge in [0.05, 0.1) is 17.1 Å². The van der Waals surface area contributed by atoms with Crippen LogP contribution in [0.4, 0.5) is 18.9 Å². The number of nitrogens with zero attached hydrogens (tertiary/aromatic N) is 1. The van der Waals surface area contributed by atoms with E-state index in [9.17, 15) is 13.2 Å². The van der Waals surface area contributed by atoms with Gasteiger partial charge in [0.1, 0.15) is 0 Å². The molecule has 1 aromatic rings. The zero-order valence-electron chi connectivity index (χ0n) is 7.77. The molecule has 0 aliphatic carbocycles. The molecule has 0 aliphatic heterocycles. The van der Waals surface area contributed by atoms with Crippen LogP contribution in [0, 0.1) is 0 Å². The van der Waals surface area contributed by atoms with Gasteiger partial charge in [0.15, 0.2) is 0 Å². The van der Waals surface area contributed by atoms with Gasteiger partial charge in [-0.25, -0.2) is 4.99 Å². The van der Waals surface area contributed by atoms with Crippen LogP contribution < -0.4 is 5.73 Å². The van der Waals surface area contributed by atoms with Gasteiger partial charge in [0.25, 0.3) is 0 Å². The Morgan fingerprint density at radius 2 is 2.00 bits per heavy atom. The SMILES string of the molecule is CC(N)=Nc1ccc(Br)cc1C(F)(F)F. The van der Waals surface area contributed by atoms with E-state index in [0.29, 0.717) is 4.47 Å². The van der Waals surface area contributed by atoms with Gasteiger partial charge >= 0.3 is 6.18 Å². The van der Waals surface area contributed by atoms with Crippen LogP contribution in [0.1, 0.15) is 12.5 Å². The molecule has 2 nitrogen and oxygen atoms in total. The van der Waals surface area contributed by atoms with Crippen molar-refractivity contribution in [1.82, 2.24) is 0 Å². The summed E-state index contributed by atoms with van der Waals surface area (Å²) in [6.07, 6.45) is -4.43. The van der Waals surface area contributed by atoms with Crippen molar-refractivity contribution < 1.29 is 13.2 Å². The standard InChI is InChI=1S/C9H8BrF3N2/c1-5(14)15-8-3-2-6(10)4-7(8)9(11,12)13/h2-4H,1H3,(H2,14,15). The first-order valence-electron chi connectivity index (χ1n) is 3.98. The lowest BCUT2D eigenvalue weighted by molar-refractivity contribution is -0.137. The second kappa shape index (κ2) is 4.22. The van der Waals surface area contributed by atoms with Crippen LogP contribution in [-0.4, -0.2) is 5.84 Å². The molecule has 0 bridgehead atoms. The summed E-state index contributed by atoms with van der Waals surface area (Å²) >= 11 is 2.98. The van der Waals surface area contributed by atoms with Gasteiger partial charge in [0, 0.05) is 4.47 Å². The Morgan fingerprint density at radius 3 is 2.47 bits per heavy atom. The monoisotopic (exact) mass is 280 g/mol. The Kier molecular flexibility index (Phi) is 3.38. The van der Waals surface area contributed by atoms with Crippen LogP contribution in [0.2, 0.25) is 0 Å². The van der Waals surface area contributed by atoms with Gasteiger partial charge < -0.3 is 5.73 Å². The van der Waals surface area contributed by atoms with Gasteiger partial charge in [0.2, 0.25) is 0 Å². The van der Waals surface area contributed by atoms with E-state index in [1.807, 2.05) is 0 Å². The molecule has 0 radical (unpaired) electrons. The van der Waals surface area contributed by atoms with Crippen molar-refractivity contribution in [2.75, 3.05) is 0 Å². The maximum Gasteiger partial charge on any atom is 0.418 e. The topological polar surface area (TPSA) is 38.4 Å². The fourth-order valence-corrected chi connectivity index (χ4v) is 1.38. The van der Waals surface area contributed by atoms with E-state index in [0.717, 1.165) is 6.07 Å². The third kappa shape index (κ3) is 3.23. The lowest BCUT2D eigenvalue weighted by Gasteiger charge is -2.10. The number of alkyl halides is 3. The Morgan fingerprint density at radius 1 is 1.40 bits per heavy atom. The molecule has 0 saturated heterocycles. The predicted molar refractivity (Wildman–Crippen MR) is 56.1 cm³/mol. The molecular formula is C9H8BrF3N2. The van der Waals surface area contributed by atoms with Crippen LogP contribution in [0.25, 0.3) is 0 Å². The van der Waals surface area contributed by atoms with Gasteiger partial charge in [-0.3, -0.25) is 0 Å². The molecule has 82 valence electrons. The van der Waals surface area contributed by atoms with Crippen molar-refractivity contribution in [3.8, 4) is 0 Å². The van der Waals surface area contributed by atoms with Crippen LogP contribution >= 0.6 is 15.9 Å². The fourth-order valence-electron chi connectivity index (χ4n) is 1.02. The van der Waals surface area contributed by atoms with E-state index in [-0.39, 0.29) is 11.5 Å². The molecule has 6 heteroatoms. The zero-order chi connectivity index (χ0) is 11.6. The highest BCUT2D eigenvalue weighted by Crippen LogP contribution is 2.37. The number of rotatable bonds is 1. The second-order valence-electron chi connectivity index (χ2n) is 2.91. The Balaban J connectivity index is 3.34. The van der Waals surface area contributed by atoms with Crippen molar-refractivity contribution in [3.05, 3.63) is 28.2 Å². The Bertz CT molecular complexity index is 395. The van der Waals surface area contributed by atoms with Gasteiger partial charge in [-0.2, -0.15) is 13.2 Å². The van der Waals surface area contributed by atoms with E-state index in [4.69, 9.17) is 5.73 Å². The van der Waals surface area contributed by atoms with Gasteiger partial charge in [-0.1, -0.05) is 15.9 Å². The molecular weight excluding hydrogens is 273 g/mol.